The van der Waals surface area contributed by atoms with E-state index in [0.717, 1.165) is 17.0 Å². The number of hydrogen-bond acceptors (Lipinski definition) is 6. The van der Waals surface area contributed by atoms with E-state index in [1.165, 1.54) is 12.4 Å². The highest BCUT2D eigenvalue weighted by atomic mass is 35.5. The number of fused-ring (bicyclic) bond motifs is 2. The molecule has 3 aromatic carbocycles. The molecule has 2 atom stereocenters. The average Bonchev–Trinajstić information content (AvgIpc) is 3.30. The van der Waals surface area contributed by atoms with E-state index in [0.29, 0.717) is 45.1 Å². The van der Waals surface area contributed by atoms with Gasteiger partial charge in [0.05, 0.1) is 31.7 Å². The van der Waals surface area contributed by atoms with Gasteiger partial charge in [0.15, 0.2) is 0 Å². The molecular weight excluding hydrogens is 664 g/mol. The van der Waals surface area contributed by atoms with Crippen LogP contribution < -0.4 is 10.2 Å². The lowest BCUT2D eigenvalue weighted by Crippen LogP contribution is -2.55. The smallest absolute Gasteiger partial charge is 0.322 e. The number of carbonyl (C=O) groups excluding carboxylic acids is 2. The lowest BCUT2D eigenvalue weighted by atomic mass is 9.68. The summed E-state index contributed by atoms with van der Waals surface area (Å²) in [5.41, 5.74) is -5.20. The molecule has 5 aromatic rings. The van der Waals surface area contributed by atoms with Gasteiger partial charge in [-0.15, -0.1) is 0 Å². The summed E-state index contributed by atoms with van der Waals surface area (Å²) in [5.74, 6) is -2.42. The van der Waals surface area contributed by atoms with Crippen molar-refractivity contribution >= 4 is 72.5 Å². The summed E-state index contributed by atoms with van der Waals surface area (Å²) < 4.78 is 63.5. The normalized spacial score (nSPS) is 18.6. The van der Waals surface area contributed by atoms with Crippen molar-refractivity contribution in [2.45, 2.75) is 41.6 Å². The number of urea groups is 1. The molecule has 3 amide bonds. The Kier molecular flexibility index (Phi) is 7.73. The molecule has 6 rings (SSSR count). The maximum atomic E-state index is 14.8. The number of hydrogen-bond donors (Lipinski definition) is 1. The number of nitrogens with one attached hydrogen (secondary N) is 1. The van der Waals surface area contributed by atoms with E-state index in [-0.39, 0.29) is 15.7 Å². The van der Waals surface area contributed by atoms with Crippen molar-refractivity contribution in [1.29, 1.82) is 0 Å². The highest BCUT2D eigenvalue weighted by molar-refractivity contribution is 7.92. The van der Waals surface area contributed by atoms with Crippen LogP contribution in [0, 0.1) is 0 Å². The summed E-state index contributed by atoms with van der Waals surface area (Å²) in [6, 6.07) is 16.8. The van der Waals surface area contributed by atoms with Crippen LogP contribution in [0.3, 0.4) is 0 Å². The van der Waals surface area contributed by atoms with Gasteiger partial charge in [-0.25, -0.2) is 18.1 Å². The van der Waals surface area contributed by atoms with Crippen molar-refractivity contribution in [2.75, 3.05) is 4.90 Å². The van der Waals surface area contributed by atoms with Crippen molar-refractivity contribution < 1.29 is 31.2 Å². The summed E-state index contributed by atoms with van der Waals surface area (Å²) >= 11 is 13.5. The Bertz CT molecular complexity index is 2070. The van der Waals surface area contributed by atoms with Crippen LogP contribution in [0.5, 0.6) is 0 Å². The number of nitrogens with zero attached hydrogens (tertiary/aromatic N) is 3. The van der Waals surface area contributed by atoms with E-state index in [4.69, 9.17) is 23.2 Å². The van der Waals surface area contributed by atoms with Crippen LogP contribution in [0.15, 0.2) is 90.1 Å². The van der Waals surface area contributed by atoms with Gasteiger partial charge >= 0.3 is 11.5 Å². The quantitative estimate of drug-likeness (QED) is 0.183. The Balaban J connectivity index is 1.56. The second-order valence-corrected chi connectivity index (χ2v) is 13.7. The molecule has 1 aliphatic rings. The number of anilines is 1. The molecule has 1 N–H and O–H groups in total. The van der Waals surface area contributed by atoms with Gasteiger partial charge in [-0.1, -0.05) is 73.4 Å². The fourth-order valence-electron chi connectivity index (χ4n) is 6.28. The minimum Gasteiger partial charge on any atom is -0.322 e. The summed E-state index contributed by atoms with van der Waals surface area (Å²) in [6.45, 7) is 3.48. The SMILES string of the molecule is CC(c1c(Cl)cnc2ccccc12)C1(C(C)c2c(Cl)cnc3ccccc23)NC(=O)N(c2ccc(S(=O)(=O)C(F)(F)F)cc2)C1=O. The first-order valence-corrected chi connectivity index (χ1v) is 16.1. The standard InChI is InChI=1S/C32H23Cl2F3N4O4S/c1-17(27-21-7-3-5-9-25(21)38-15-23(27)33)31(18(2)28-22-8-4-6-10-26(22)39-16-24(28)34)29(42)41(30(43)40-31)19-11-13-20(14-12-19)46(44,45)32(35,36)37/h3-18H,1-2H3,(H,40,43). The van der Waals surface area contributed by atoms with E-state index in [2.05, 4.69) is 15.3 Å². The highest BCUT2D eigenvalue weighted by Gasteiger charge is 2.60. The zero-order valence-electron chi connectivity index (χ0n) is 24.0. The Morgan fingerprint density at radius 2 is 1.24 bits per heavy atom. The van der Waals surface area contributed by atoms with Crippen LogP contribution in [0.1, 0.15) is 36.8 Å². The predicted molar refractivity (Wildman–Crippen MR) is 169 cm³/mol. The molecule has 236 valence electrons. The van der Waals surface area contributed by atoms with Crippen LogP contribution in [-0.4, -0.2) is 41.4 Å². The van der Waals surface area contributed by atoms with Crippen molar-refractivity contribution in [3.63, 3.8) is 0 Å². The Morgan fingerprint density at radius 1 is 0.783 bits per heavy atom. The maximum Gasteiger partial charge on any atom is 0.501 e. The summed E-state index contributed by atoms with van der Waals surface area (Å²) in [4.78, 5) is 37.2. The first kappa shape index (κ1) is 31.7. The largest absolute Gasteiger partial charge is 0.501 e. The number of alkyl halides is 3. The highest BCUT2D eigenvalue weighted by Crippen LogP contribution is 2.50. The third-order valence-corrected chi connectivity index (χ3v) is 10.7. The minimum absolute atomic E-state index is 0.138. The van der Waals surface area contributed by atoms with Gasteiger partial charge in [0.2, 0.25) is 0 Å². The Morgan fingerprint density at radius 3 is 1.70 bits per heavy atom. The van der Waals surface area contributed by atoms with Crippen LogP contribution in [0.4, 0.5) is 23.7 Å². The van der Waals surface area contributed by atoms with Crippen LogP contribution >= 0.6 is 23.2 Å². The second kappa shape index (κ2) is 11.2. The van der Waals surface area contributed by atoms with Crippen molar-refractivity contribution in [2.24, 2.45) is 0 Å². The number of halogens is 5. The zero-order chi connectivity index (χ0) is 33.2. The number of para-hydroxylation sites is 2. The van der Waals surface area contributed by atoms with Crippen LogP contribution in [-0.2, 0) is 14.6 Å². The summed E-state index contributed by atoms with van der Waals surface area (Å²) in [6.07, 6.45) is 2.92. The molecule has 14 heteroatoms. The average molecular weight is 688 g/mol. The number of benzene rings is 3. The fourth-order valence-corrected chi connectivity index (χ4v) is 7.67. The lowest BCUT2D eigenvalue weighted by molar-refractivity contribution is -0.123. The van der Waals surface area contributed by atoms with E-state index in [1.807, 2.05) is 0 Å². The van der Waals surface area contributed by atoms with Gasteiger partial charge in [0, 0.05) is 35.0 Å². The van der Waals surface area contributed by atoms with E-state index in [1.54, 1.807) is 62.4 Å². The molecular formula is C32H23Cl2F3N4O4S. The molecule has 1 fully saturated rings. The molecule has 0 aliphatic carbocycles. The van der Waals surface area contributed by atoms with Crippen molar-refractivity contribution in [3.8, 4) is 0 Å². The number of rotatable bonds is 6. The topological polar surface area (TPSA) is 109 Å². The molecule has 1 saturated heterocycles. The van der Waals surface area contributed by atoms with Crippen LogP contribution in [0.25, 0.3) is 21.8 Å². The number of amides is 3. The number of pyridine rings is 2. The van der Waals surface area contributed by atoms with Gasteiger partial charge in [-0.2, -0.15) is 13.2 Å². The Hall–Kier alpha value is -4.26. The summed E-state index contributed by atoms with van der Waals surface area (Å²) in [5, 5.41) is 4.66. The predicted octanol–water partition coefficient (Wildman–Crippen LogP) is 7.79. The molecule has 2 unspecified atom stereocenters. The van der Waals surface area contributed by atoms with E-state index < -0.39 is 49.6 Å². The zero-order valence-corrected chi connectivity index (χ0v) is 26.3. The van der Waals surface area contributed by atoms with Crippen molar-refractivity contribution in [1.82, 2.24) is 15.3 Å². The van der Waals surface area contributed by atoms with Crippen LogP contribution in [0.2, 0.25) is 10.0 Å². The molecule has 0 bridgehead atoms. The van der Waals surface area contributed by atoms with E-state index >= 15 is 0 Å². The number of aromatic nitrogens is 2. The molecule has 0 saturated carbocycles. The first-order valence-electron chi connectivity index (χ1n) is 13.8. The van der Waals surface area contributed by atoms with Gasteiger partial charge < -0.3 is 5.32 Å². The lowest BCUT2D eigenvalue weighted by Gasteiger charge is -2.40. The molecule has 1 aliphatic heterocycles. The van der Waals surface area contributed by atoms with Gasteiger partial charge in [0.25, 0.3) is 15.7 Å². The van der Waals surface area contributed by atoms with Gasteiger partial charge in [0.1, 0.15) is 5.54 Å². The Labute approximate surface area is 271 Å². The third kappa shape index (κ3) is 4.78. The van der Waals surface area contributed by atoms with Gasteiger partial charge in [-0.05, 0) is 47.5 Å². The number of imide groups is 1. The maximum absolute atomic E-state index is 14.8. The summed E-state index contributed by atoms with van der Waals surface area (Å²) in [7, 11) is -5.66. The van der Waals surface area contributed by atoms with Crippen molar-refractivity contribution in [3.05, 3.63) is 106 Å². The monoisotopic (exact) mass is 686 g/mol. The molecule has 8 nitrogen and oxygen atoms in total. The molecule has 2 aromatic heterocycles. The second-order valence-electron chi connectivity index (χ2n) is 10.9. The third-order valence-electron chi connectivity index (χ3n) is 8.55. The van der Waals surface area contributed by atoms with Gasteiger partial charge in [-0.3, -0.25) is 14.8 Å². The number of sulfone groups is 1. The fraction of sp³-hybridized carbons (Fsp3) is 0.188. The minimum atomic E-state index is -5.66. The molecule has 0 radical (unpaired) electrons. The first-order chi connectivity index (χ1) is 21.7. The number of carbonyl (C=O) groups is 2. The molecule has 0 spiro atoms. The van der Waals surface area contributed by atoms with E-state index in [9.17, 15) is 31.2 Å². The molecule has 46 heavy (non-hydrogen) atoms. The molecule has 3 heterocycles.